The van der Waals surface area contributed by atoms with E-state index in [-0.39, 0.29) is 0 Å². The van der Waals surface area contributed by atoms with Crippen molar-refractivity contribution in [1.29, 1.82) is 0 Å². The first kappa shape index (κ1) is 15.2. The zero-order chi connectivity index (χ0) is 15.5. The van der Waals surface area contributed by atoms with E-state index in [1.807, 2.05) is 13.2 Å². The van der Waals surface area contributed by atoms with E-state index in [2.05, 4.69) is 31.8 Å². The third-order valence-corrected chi connectivity index (χ3v) is 4.47. The van der Waals surface area contributed by atoms with Crippen molar-refractivity contribution in [2.24, 2.45) is 7.05 Å². The van der Waals surface area contributed by atoms with Crippen LogP contribution in [0.1, 0.15) is 13.3 Å². The maximum absolute atomic E-state index is 5.22. The molecule has 1 aliphatic rings. The van der Waals surface area contributed by atoms with Gasteiger partial charge in [-0.1, -0.05) is 6.92 Å². The van der Waals surface area contributed by atoms with Crippen LogP contribution in [-0.4, -0.2) is 70.6 Å². The van der Waals surface area contributed by atoms with Crippen LogP contribution in [-0.2, 0) is 11.8 Å². The van der Waals surface area contributed by atoms with E-state index in [1.165, 1.54) is 0 Å². The lowest BCUT2D eigenvalue weighted by Crippen LogP contribution is -2.54. The summed E-state index contributed by atoms with van der Waals surface area (Å²) in [5.74, 6) is 1.00. The number of piperazine rings is 1. The zero-order valence-corrected chi connectivity index (χ0v) is 13.6. The maximum Gasteiger partial charge on any atom is 0.163 e. The highest BCUT2D eigenvalue weighted by atomic mass is 16.5. The maximum atomic E-state index is 5.22. The number of nitrogens with zero attached hydrogens (tertiary/aromatic N) is 6. The van der Waals surface area contributed by atoms with Crippen molar-refractivity contribution >= 4 is 16.9 Å². The molecule has 3 rings (SSSR count). The summed E-state index contributed by atoms with van der Waals surface area (Å²) in [5.41, 5.74) is 0.889. The Morgan fingerprint density at radius 3 is 2.95 bits per heavy atom. The van der Waals surface area contributed by atoms with Crippen LogP contribution in [0.3, 0.4) is 0 Å². The fourth-order valence-corrected chi connectivity index (χ4v) is 3.18. The summed E-state index contributed by atoms with van der Waals surface area (Å²) in [6.45, 7) is 7.02. The first-order valence-electron chi connectivity index (χ1n) is 7.85. The lowest BCUT2D eigenvalue weighted by atomic mass is 10.1. The summed E-state index contributed by atoms with van der Waals surface area (Å²) in [6, 6.07) is 0.533. The van der Waals surface area contributed by atoms with Gasteiger partial charge in [0.2, 0.25) is 0 Å². The van der Waals surface area contributed by atoms with Gasteiger partial charge in [0.15, 0.2) is 5.65 Å². The fourth-order valence-electron chi connectivity index (χ4n) is 3.18. The van der Waals surface area contributed by atoms with E-state index in [4.69, 9.17) is 4.74 Å². The topological polar surface area (TPSA) is 59.3 Å². The molecule has 7 heteroatoms. The van der Waals surface area contributed by atoms with Gasteiger partial charge in [0.25, 0.3) is 0 Å². The van der Waals surface area contributed by atoms with Gasteiger partial charge in [0, 0.05) is 46.4 Å². The molecule has 0 bridgehead atoms. The molecule has 1 atom stereocenters. The smallest absolute Gasteiger partial charge is 0.163 e. The Morgan fingerprint density at radius 2 is 2.18 bits per heavy atom. The average molecular weight is 304 g/mol. The predicted octanol–water partition coefficient (Wildman–Crippen LogP) is 0.910. The van der Waals surface area contributed by atoms with Gasteiger partial charge in [0.05, 0.1) is 18.2 Å². The zero-order valence-electron chi connectivity index (χ0n) is 13.6. The van der Waals surface area contributed by atoms with Crippen LogP contribution in [0.2, 0.25) is 0 Å². The fraction of sp³-hybridized carbons (Fsp3) is 0.667. The Bertz CT molecular complexity index is 628. The number of rotatable bonds is 5. The quantitative estimate of drug-likeness (QED) is 0.818. The molecule has 1 aliphatic heterocycles. The molecule has 0 aliphatic carbocycles. The monoisotopic (exact) mass is 304 g/mol. The Hall–Kier alpha value is -1.73. The standard InChI is InChI=1S/C15H24N6O/c1-4-12-10-21(6-5-20(12)7-8-22-3)15-13-9-18-19(2)14(13)16-11-17-15/h9,11-12H,4-8,10H2,1-3H3/t12-/m0/s1. The van der Waals surface area contributed by atoms with Crippen molar-refractivity contribution in [2.45, 2.75) is 19.4 Å². The number of fused-ring (bicyclic) bond motifs is 1. The molecular weight excluding hydrogens is 280 g/mol. The normalized spacial score (nSPS) is 20.0. The Kier molecular flexibility index (Phi) is 4.54. The van der Waals surface area contributed by atoms with Gasteiger partial charge in [-0.2, -0.15) is 5.10 Å². The minimum atomic E-state index is 0.533. The third kappa shape index (κ3) is 2.78. The molecule has 1 saturated heterocycles. The van der Waals surface area contributed by atoms with Crippen LogP contribution in [0.15, 0.2) is 12.5 Å². The molecule has 0 radical (unpaired) electrons. The number of hydrogen-bond acceptors (Lipinski definition) is 6. The summed E-state index contributed by atoms with van der Waals surface area (Å²) >= 11 is 0. The second-order valence-electron chi connectivity index (χ2n) is 5.74. The summed E-state index contributed by atoms with van der Waals surface area (Å²) < 4.78 is 7.02. The third-order valence-electron chi connectivity index (χ3n) is 4.47. The van der Waals surface area contributed by atoms with Gasteiger partial charge in [-0.3, -0.25) is 9.58 Å². The number of anilines is 1. The molecule has 0 spiro atoms. The number of ether oxygens (including phenoxy) is 1. The Balaban J connectivity index is 1.81. The Morgan fingerprint density at radius 1 is 1.32 bits per heavy atom. The van der Waals surface area contributed by atoms with Crippen molar-refractivity contribution < 1.29 is 4.74 Å². The summed E-state index contributed by atoms with van der Waals surface area (Å²) in [7, 11) is 3.67. The van der Waals surface area contributed by atoms with Gasteiger partial charge in [-0.25, -0.2) is 9.97 Å². The highest BCUT2D eigenvalue weighted by molar-refractivity contribution is 5.86. The van der Waals surface area contributed by atoms with E-state index in [0.717, 1.165) is 56.1 Å². The second-order valence-corrected chi connectivity index (χ2v) is 5.74. The van der Waals surface area contributed by atoms with Gasteiger partial charge in [0.1, 0.15) is 12.1 Å². The van der Waals surface area contributed by atoms with Crippen LogP contribution >= 0.6 is 0 Å². The molecule has 120 valence electrons. The lowest BCUT2D eigenvalue weighted by molar-refractivity contribution is 0.109. The molecular formula is C15H24N6O. The number of methoxy groups -OCH3 is 1. The summed E-state index contributed by atoms with van der Waals surface area (Å²) in [5, 5.41) is 5.34. The Labute approximate surface area is 130 Å². The van der Waals surface area contributed by atoms with Gasteiger partial charge in [-0.05, 0) is 6.42 Å². The molecule has 0 aromatic carbocycles. The molecule has 3 heterocycles. The first-order valence-corrected chi connectivity index (χ1v) is 7.85. The molecule has 0 saturated carbocycles. The average Bonchev–Trinajstić information content (AvgIpc) is 2.94. The minimum Gasteiger partial charge on any atom is -0.383 e. The predicted molar refractivity (Wildman–Crippen MR) is 86.0 cm³/mol. The molecule has 0 N–H and O–H groups in total. The van der Waals surface area contributed by atoms with Crippen molar-refractivity contribution in [3.8, 4) is 0 Å². The van der Waals surface area contributed by atoms with Gasteiger partial charge >= 0.3 is 0 Å². The van der Waals surface area contributed by atoms with Crippen LogP contribution in [0.25, 0.3) is 11.0 Å². The molecule has 2 aromatic heterocycles. The highest BCUT2D eigenvalue weighted by Crippen LogP contribution is 2.25. The van der Waals surface area contributed by atoms with Crippen LogP contribution in [0.5, 0.6) is 0 Å². The van der Waals surface area contributed by atoms with Gasteiger partial charge < -0.3 is 9.64 Å². The molecule has 2 aromatic rings. The number of hydrogen-bond donors (Lipinski definition) is 0. The SMILES string of the molecule is CC[C@H]1CN(c2ncnc3c2cnn3C)CCN1CCOC. The molecule has 7 nitrogen and oxygen atoms in total. The number of aryl methyl sites for hydroxylation is 1. The van der Waals surface area contributed by atoms with E-state index >= 15 is 0 Å². The molecule has 0 unspecified atom stereocenters. The summed E-state index contributed by atoms with van der Waals surface area (Å²) in [6.07, 6.45) is 4.63. The number of aromatic nitrogens is 4. The van der Waals surface area contributed by atoms with Crippen molar-refractivity contribution in [3.05, 3.63) is 12.5 Å². The lowest BCUT2D eigenvalue weighted by Gasteiger charge is -2.41. The first-order chi connectivity index (χ1) is 10.7. The van der Waals surface area contributed by atoms with E-state index in [9.17, 15) is 0 Å². The van der Waals surface area contributed by atoms with Crippen molar-refractivity contribution in [1.82, 2.24) is 24.6 Å². The molecule has 1 fully saturated rings. The van der Waals surface area contributed by atoms with Gasteiger partial charge in [-0.15, -0.1) is 0 Å². The van der Waals surface area contributed by atoms with Crippen LogP contribution < -0.4 is 4.90 Å². The largest absolute Gasteiger partial charge is 0.383 e. The van der Waals surface area contributed by atoms with Crippen molar-refractivity contribution in [2.75, 3.05) is 44.8 Å². The van der Waals surface area contributed by atoms with E-state index in [1.54, 1.807) is 18.1 Å². The van der Waals surface area contributed by atoms with Crippen molar-refractivity contribution in [3.63, 3.8) is 0 Å². The van der Waals surface area contributed by atoms with E-state index < -0.39 is 0 Å². The second kappa shape index (κ2) is 6.58. The van der Waals surface area contributed by atoms with Crippen LogP contribution in [0.4, 0.5) is 5.82 Å². The minimum absolute atomic E-state index is 0.533. The van der Waals surface area contributed by atoms with E-state index in [0.29, 0.717) is 6.04 Å². The summed E-state index contributed by atoms with van der Waals surface area (Å²) in [4.78, 5) is 13.7. The highest BCUT2D eigenvalue weighted by Gasteiger charge is 2.27. The molecule has 0 amide bonds. The van der Waals surface area contributed by atoms with Crippen LogP contribution in [0, 0.1) is 0 Å². The molecule has 22 heavy (non-hydrogen) atoms.